The van der Waals surface area contributed by atoms with E-state index in [9.17, 15) is 13.2 Å². The first-order valence-electron chi connectivity index (χ1n) is 11.2. The monoisotopic (exact) mass is 463 g/mol. The molecule has 1 fully saturated rings. The summed E-state index contributed by atoms with van der Waals surface area (Å²) in [6.45, 7) is 3.57. The standard InChI is InChI=1S/C26H29N3O3S/c1-28(24-11-3-2-4-12-24)33(31,32)25-15-13-21(14-16-25)26(30)27-19-22-9-5-6-10-23(22)20-29-17-7-8-18-29/h2-6,9-16H,7-8,17-20H2,1H3,(H,27,30). The van der Waals surface area contributed by atoms with Crippen LogP contribution >= 0.6 is 0 Å². The highest BCUT2D eigenvalue weighted by molar-refractivity contribution is 7.92. The van der Waals surface area contributed by atoms with Gasteiger partial charge >= 0.3 is 0 Å². The van der Waals surface area contributed by atoms with Gasteiger partial charge < -0.3 is 5.32 Å². The van der Waals surface area contributed by atoms with Gasteiger partial charge in [0.15, 0.2) is 0 Å². The zero-order valence-electron chi connectivity index (χ0n) is 18.8. The van der Waals surface area contributed by atoms with Gasteiger partial charge in [-0.2, -0.15) is 0 Å². The molecule has 1 saturated heterocycles. The van der Waals surface area contributed by atoms with Crippen molar-refractivity contribution in [2.75, 3.05) is 24.4 Å². The molecular formula is C26H29N3O3S. The minimum Gasteiger partial charge on any atom is -0.348 e. The molecule has 0 radical (unpaired) electrons. The number of benzene rings is 3. The van der Waals surface area contributed by atoms with Crippen LogP contribution in [0.15, 0.2) is 83.8 Å². The highest BCUT2D eigenvalue weighted by Gasteiger charge is 2.21. The number of hydrogen-bond donors (Lipinski definition) is 1. The molecule has 0 spiro atoms. The van der Waals surface area contributed by atoms with Gasteiger partial charge in [0.25, 0.3) is 15.9 Å². The van der Waals surface area contributed by atoms with Crippen LogP contribution in [0.1, 0.15) is 34.3 Å². The van der Waals surface area contributed by atoms with E-state index >= 15 is 0 Å². The lowest BCUT2D eigenvalue weighted by Gasteiger charge is -2.19. The molecule has 0 saturated carbocycles. The van der Waals surface area contributed by atoms with Crippen LogP contribution in [-0.2, 0) is 23.1 Å². The second-order valence-corrected chi connectivity index (χ2v) is 10.2. The molecular weight excluding hydrogens is 434 g/mol. The van der Waals surface area contributed by atoms with Gasteiger partial charge in [-0.25, -0.2) is 8.42 Å². The van der Waals surface area contributed by atoms with Crippen LogP contribution in [0.4, 0.5) is 5.69 Å². The van der Waals surface area contributed by atoms with E-state index in [1.165, 1.54) is 41.9 Å². The van der Waals surface area contributed by atoms with E-state index in [1.54, 1.807) is 36.4 Å². The number of para-hydroxylation sites is 1. The van der Waals surface area contributed by atoms with Gasteiger partial charge in [-0.1, -0.05) is 42.5 Å². The molecule has 1 N–H and O–H groups in total. The number of nitrogens with one attached hydrogen (secondary N) is 1. The Morgan fingerprint density at radius 1 is 0.879 bits per heavy atom. The number of carbonyl (C=O) groups excluding carboxylic acids is 1. The fraction of sp³-hybridized carbons (Fsp3) is 0.269. The normalized spacial score (nSPS) is 14.2. The van der Waals surface area contributed by atoms with Crippen LogP contribution in [0, 0.1) is 0 Å². The van der Waals surface area contributed by atoms with Crippen LogP contribution in [0.25, 0.3) is 0 Å². The Kier molecular flexibility index (Phi) is 7.11. The van der Waals surface area contributed by atoms with Crippen molar-refractivity contribution in [2.24, 2.45) is 0 Å². The maximum Gasteiger partial charge on any atom is 0.264 e. The Balaban J connectivity index is 1.41. The van der Waals surface area contributed by atoms with Gasteiger partial charge in [-0.15, -0.1) is 0 Å². The third kappa shape index (κ3) is 5.43. The fourth-order valence-corrected chi connectivity index (χ4v) is 5.25. The summed E-state index contributed by atoms with van der Waals surface area (Å²) in [5.74, 6) is -0.230. The van der Waals surface area contributed by atoms with E-state index in [-0.39, 0.29) is 10.8 Å². The molecule has 0 atom stereocenters. The highest BCUT2D eigenvalue weighted by atomic mass is 32.2. The first-order valence-corrected chi connectivity index (χ1v) is 12.6. The van der Waals surface area contributed by atoms with Gasteiger partial charge in [-0.05, 0) is 73.5 Å². The zero-order valence-corrected chi connectivity index (χ0v) is 19.6. The second-order valence-electron chi connectivity index (χ2n) is 8.27. The Bertz CT molecular complexity index is 1190. The molecule has 3 aromatic rings. The van der Waals surface area contributed by atoms with E-state index < -0.39 is 10.0 Å². The average Bonchev–Trinajstić information content (AvgIpc) is 3.36. The van der Waals surface area contributed by atoms with Crippen molar-refractivity contribution in [3.05, 3.63) is 95.6 Å². The third-order valence-electron chi connectivity index (χ3n) is 6.05. The van der Waals surface area contributed by atoms with Crippen LogP contribution in [0.2, 0.25) is 0 Å². The van der Waals surface area contributed by atoms with E-state index in [4.69, 9.17) is 0 Å². The first-order chi connectivity index (χ1) is 15.9. The van der Waals surface area contributed by atoms with Crippen molar-refractivity contribution in [3.8, 4) is 0 Å². The number of rotatable bonds is 8. The van der Waals surface area contributed by atoms with Crippen molar-refractivity contribution in [1.82, 2.24) is 10.2 Å². The largest absolute Gasteiger partial charge is 0.348 e. The molecule has 4 rings (SSSR count). The fourth-order valence-electron chi connectivity index (χ4n) is 4.06. The Labute approximate surface area is 195 Å². The molecule has 0 aromatic heterocycles. The smallest absolute Gasteiger partial charge is 0.264 e. The minimum atomic E-state index is -3.71. The van der Waals surface area contributed by atoms with Gasteiger partial charge in [0.05, 0.1) is 10.6 Å². The maximum atomic E-state index is 12.9. The van der Waals surface area contributed by atoms with E-state index in [2.05, 4.69) is 16.3 Å². The summed E-state index contributed by atoms with van der Waals surface area (Å²) < 4.78 is 27.1. The predicted molar refractivity (Wildman–Crippen MR) is 131 cm³/mol. The summed E-state index contributed by atoms with van der Waals surface area (Å²) in [6, 6.07) is 23.1. The summed E-state index contributed by atoms with van der Waals surface area (Å²) in [6.07, 6.45) is 2.48. The summed E-state index contributed by atoms with van der Waals surface area (Å²) in [7, 11) is -2.19. The Morgan fingerprint density at radius 2 is 1.48 bits per heavy atom. The summed E-state index contributed by atoms with van der Waals surface area (Å²) in [4.78, 5) is 15.3. The molecule has 3 aromatic carbocycles. The topological polar surface area (TPSA) is 69.7 Å². The van der Waals surface area contributed by atoms with E-state index in [1.807, 2.05) is 24.3 Å². The van der Waals surface area contributed by atoms with Crippen molar-refractivity contribution in [3.63, 3.8) is 0 Å². The molecule has 0 aliphatic carbocycles. The summed E-state index contributed by atoms with van der Waals surface area (Å²) in [5, 5.41) is 2.97. The van der Waals surface area contributed by atoms with Crippen LogP contribution in [0.3, 0.4) is 0 Å². The minimum absolute atomic E-state index is 0.140. The van der Waals surface area contributed by atoms with Crippen molar-refractivity contribution in [2.45, 2.75) is 30.8 Å². The number of nitrogens with zero attached hydrogens (tertiary/aromatic N) is 2. The molecule has 0 unspecified atom stereocenters. The molecule has 33 heavy (non-hydrogen) atoms. The molecule has 1 heterocycles. The highest BCUT2D eigenvalue weighted by Crippen LogP contribution is 2.22. The lowest BCUT2D eigenvalue weighted by molar-refractivity contribution is 0.0950. The SMILES string of the molecule is CN(c1ccccc1)S(=O)(=O)c1ccc(C(=O)NCc2ccccc2CN2CCCC2)cc1. The maximum absolute atomic E-state index is 12.9. The molecule has 1 amide bonds. The van der Waals surface area contributed by atoms with E-state index in [0.29, 0.717) is 17.8 Å². The second kappa shape index (κ2) is 10.2. The molecule has 172 valence electrons. The summed E-state index contributed by atoms with van der Waals surface area (Å²) >= 11 is 0. The number of anilines is 1. The number of sulfonamides is 1. The third-order valence-corrected chi connectivity index (χ3v) is 7.84. The Morgan fingerprint density at radius 3 is 2.15 bits per heavy atom. The molecule has 1 aliphatic rings. The molecule has 0 bridgehead atoms. The van der Waals surface area contributed by atoms with Gasteiger partial charge in [-0.3, -0.25) is 14.0 Å². The lowest BCUT2D eigenvalue weighted by atomic mass is 10.1. The molecule has 7 heteroatoms. The Hall–Kier alpha value is -3.16. The lowest BCUT2D eigenvalue weighted by Crippen LogP contribution is -2.27. The first kappa shape index (κ1) is 23.0. The zero-order chi connectivity index (χ0) is 23.3. The van der Waals surface area contributed by atoms with Crippen molar-refractivity contribution in [1.29, 1.82) is 0 Å². The van der Waals surface area contributed by atoms with E-state index in [0.717, 1.165) is 25.2 Å². The number of amides is 1. The quantitative estimate of drug-likeness (QED) is 0.548. The number of likely N-dealkylation sites (tertiary alicyclic amines) is 1. The number of carbonyl (C=O) groups is 1. The van der Waals surface area contributed by atoms with Crippen LogP contribution in [0.5, 0.6) is 0 Å². The molecule has 1 aliphatic heterocycles. The van der Waals surface area contributed by atoms with Gasteiger partial charge in [0, 0.05) is 25.7 Å². The van der Waals surface area contributed by atoms with Crippen LogP contribution < -0.4 is 9.62 Å². The predicted octanol–water partition coefficient (Wildman–Crippen LogP) is 4.04. The van der Waals surface area contributed by atoms with Crippen LogP contribution in [-0.4, -0.2) is 39.4 Å². The average molecular weight is 464 g/mol. The van der Waals surface area contributed by atoms with Crippen molar-refractivity contribution >= 4 is 21.6 Å². The summed E-state index contributed by atoms with van der Waals surface area (Å²) in [5.41, 5.74) is 3.33. The van der Waals surface area contributed by atoms with Gasteiger partial charge in [0.2, 0.25) is 0 Å². The van der Waals surface area contributed by atoms with Gasteiger partial charge in [0.1, 0.15) is 0 Å². The molecule has 6 nitrogen and oxygen atoms in total. The van der Waals surface area contributed by atoms with Crippen molar-refractivity contribution < 1.29 is 13.2 Å². The number of hydrogen-bond acceptors (Lipinski definition) is 4.